The Bertz CT molecular complexity index is 587. The van der Waals surface area contributed by atoms with Crippen LogP contribution in [0.2, 0.25) is 10.0 Å². The van der Waals surface area contributed by atoms with E-state index in [0.717, 1.165) is 25.7 Å². The van der Waals surface area contributed by atoms with E-state index in [4.69, 9.17) is 23.2 Å². The summed E-state index contributed by atoms with van der Waals surface area (Å²) in [4.78, 5) is 12.4. The summed E-state index contributed by atoms with van der Waals surface area (Å²) in [6.45, 7) is 1.35. The highest BCUT2D eigenvalue weighted by atomic mass is 35.5. The fourth-order valence-electron chi connectivity index (χ4n) is 3.73. The van der Waals surface area contributed by atoms with Crippen LogP contribution < -0.4 is 4.90 Å². The van der Waals surface area contributed by atoms with Gasteiger partial charge in [0.1, 0.15) is 0 Å². The van der Waals surface area contributed by atoms with Gasteiger partial charge >= 0.3 is 0 Å². The normalized spacial score (nSPS) is 28.3. The molecule has 3 rings (SSSR count). The van der Waals surface area contributed by atoms with Crippen molar-refractivity contribution in [1.29, 1.82) is 0 Å². The van der Waals surface area contributed by atoms with Gasteiger partial charge in [-0.1, -0.05) is 36.0 Å². The minimum absolute atomic E-state index is 0.107. The van der Waals surface area contributed by atoms with Crippen molar-refractivity contribution >= 4 is 34.6 Å². The Morgan fingerprint density at radius 3 is 2.59 bits per heavy atom. The van der Waals surface area contributed by atoms with Crippen LogP contribution in [0.3, 0.4) is 0 Å². The van der Waals surface area contributed by atoms with Gasteiger partial charge in [-0.05, 0) is 19.3 Å². The molecule has 7 heteroatoms. The SMILES string of the molecule is O=[N+]([O-])c1cc(Cl)c(N2CCC3(O)CCCCC3C2)c(Cl)c1. The molecule has 2 fully saturated rings. The molecule has 1 N–H and O–H groups in total. The number of nitrogens with zero attached hydrogens (tertiary/aromatic N) is 2. The molecule has 0 radical (unpaired) electrons. The Labute approximate surface area is 139 Å². The highest BCUT2D eigenvalue weighted by molar-refractivity contribution is 6.39. The predicted molar refractivity (Wildman–Crippen MR) is 86.9 cm³/mol. The summed E-state index contributed by atoms with van der Waals surface area (Å²) in [5.41, 5.74) is -0.0411. The zero-order valence-electron chi connectivity index (χ0n) is 12.1. The van der Waals surface area contributed by atoms with Crippen LogP contribution >= 0.6 is 23.2 Å². The van der Waals surface area contributed by atoms with Gasteiger partial charge < -0.3 is 10.0 Å². The van der Waals surface area contributed by atoms with Crippen molar-refractivity contribution < 1.29 is 10.0 Å². The molecule has 2 aliphatic rings. The molecular formula is C15H18Cl2N2O3. The molecular weight excluding hydrogens is 327 g/mol. The maximum Gasteiger partial charge on any atom is 0.272 e. The lowest BCUT2D eigenvalue weighted by molar-refractivity contribution is -0.384. The van der Waals surface area contributed by atoms with E-state index < -0.39 is 10.5 Å². The minimum Gasteiger partial charge on any atom is -0.389 e. The van der Waals surface area contributed by atoms with Crippen LogP contribution in [0, 0.1) is 16.0 Å². The lowest BCUT2D eigenvalue weighted by atomic mass is 9.71. The Morgan fingerprint density at radius 2 is 1.95 bits per heavy atom. The first kappa shape index (κ1) is 15.8. The quantitative estimate of drug-likeness (QED) is 0.649. The van der Waals surface area contributed by atoms with Crippen molar-refractivity contribution in [2.45, 2.75) is 37.7 Å². The first-order chi connectivity index (χ1) is 10.4. The van der Waals surface area contributed by atoms with E-state index in [1.165, 1.54) is 12.1 Å². The predicted octanol–water partition coefficient (Wildman–Crippen LogP) is 4.03. The Morgan fingerprint density at radius 1 is 1.27 bits per heavy atom. The molecule has 2 atom stereocenters. The molecule has 0 bridgehead atoms. The van der Waals surface area contributed by atoms with E-state index >= 15 is 0 Å². The Kier molecular flexibility index (Phi) is 4.23. The van der Waals surface area contributed by atoms with Crippen LogP contribution in [0.1, 0.15) is 32.1 Å². The smallest absolute Gasteiger partial charge is 0.272 e. The standard InChI is InChI=1S/C15H18Cl2N2O3/c16-12-7-11(19(21)22)8-13(17)14(12)18-6-5-15(20)4-2-1-3-10(15)9-18/h7-8,10,20H,1-6,9H2. The van der Waals surface area contributed by atoms with Crippen LogP contribution in [0.4, 0.5) is 11.4 Å². The van der Waals surface area contributed by atoms with Gasteiger partial charge in [0.25, 0.3) is 5.69 Å². The van der Waals surface area contributed by atoms with Crippen molar-refractivity contribution in [3.8, 4) is 0 Å². The van der Waals surface area contributed by atoms with Crippen LogP contribution in [0.15, 0.2) is 12.1 Å². The van der Waals surface area contributed by atoms with Gasteiger partial charge in [0.05, 0.1) is 26.3 Å². The summed E-state index contributed by atoms with van der Waals surface area (Å²) in [5, 5.41) is 22.2. The molecule has 1 aliphatic carbocycles. The maximum atomic E-state index is 10.9. The molecule has 1 aromatic rings. The van der Waals surface area contributed by atoms with Crippen LogP contribution in [-0.4, -0.2) is 28.7 Å². The van der Waals surface area contributed by atoms with Crippen LogP contribution in [0.5, 0.6) is 0 Å². The van der Waals surface area contributed by atoms with E-state index in [1.54, 1.807) is 0 Å². The molecule has 120 valence electrons. The summed E-state index contributed by atoms with van der Waals surface area (Å²) in [7, 11) is 0. The molecule has 1 saturated heterocycles. The van der Waals surface area contributed by atoms with Crippen molar-refractivity contribution in [1.82, 2.24) is 0 Å². The minimum atomic E-state index is -0.575. The number of halogens is 2. The molecule has 22 heavy (non-hydrogen) atoms. The number of aliphatic hydroxyl groups is 1. The van der Waals surface area contributed by atoms with Crippen molar-refractivity contribution in [3.63, 3.8) is 0 Å². The van der Waals surface area contributed by atoms with E-state index in [9.17, 15) is 15.2 Å². The van der Waals surface area contributed by atoms with E-state index in [0.29, 0.717) is 35.2 Å². The zero-order chi connectivity index (χ0) is 15.9. The number of anilines is 1. The summed E-state index contributed by atoms with van der Waals surface area (Å²) in [6.07, 6.45) is 4.73. The third-order valence-corrected chi connectivity index (χ3v) is 5.53. The summed E-state index contributed by atoms with van der Waals surface area (Å²) >= 11 is 12.5. The fourth-order valence-corrected chi connectivity index (χ4v) is 4.45. The number of hydrogen-bond acceptors (Lipinski definition) is 4. The number of fused-ring (bicyclic) bond motifs is 1. The maximum absolute atomic E-state index is 10.9. The second-order valence-corrected chi connectivity index (χ2v) is 7.07. The summed E-state index contributed by atoms with van der Waals surface area (Å²) < 4.78 is 0. The number of nitro benzene ring substituents is 1. The summed E-state index contributed by atoms with van der Waals surface area (Å²) in [5.74, 6) is 0.206. The molecule has 0 spiro atoms. The van der Waals surface area contributed by atoms with Crippen LogP contribution in [0.25, 0.3) is 0 Å². The van der Waals surface area contributed by atoms with E-state index in [-0.39, 0.29) is 11.6 Å². The molecule has 1 aromatic carbocycles. The molecule has 1 aliphatic heterocycles. The highest BCUT2D eigenvalue weighted by Gasteiger charge is 2.43. The van der Waals surface area contributed by atoms with Gasteiger partial charge in [0, 0.05) is 31.1 Å². The average Bonchev–Trinajstić information content (AvgIpc) is 2.46. The molecule has 1 saturated carbocycles. The third kappa shape index (κ3) is 2.77. The molecule has 5 nitrogen and oxygen atoms in total. The molecule has 2 unspecified atom stereocenters. The number of non-ortho nitro benzene ring substituents is 1. The van der Waals surface area contributed by atoms with Crippen molar-refractivity contribution in [3.05, 3.63) is 32.3 Å². The molecule has 1 heterocycles. The number of hydrogen-bond donors (Lipinski definition) is 1. The highest BCUT2D eigenvalue weighted by Crippen LogP contribution is 2.44. The number of rotatable bonds is 2. The largest absolute Gasteiger partial charge is 0.389 e. The number of benzene rings is 1. The van der Waals surface area contributed by atoms with Crippen molar-refractivity contribution in [2.24, 2.45) is 5.92 Å². The lowest BCUT2D eigenvalue weighted by Gasteiger charge is -2.48. The second-order valence-electron chi connectivity index (χ2n) is 6.26. The summed E-state index contributed by atoms with van der Waals surface area (Å²) in [6, 6.07) is 2.68. The number of nitro groups is 1. The second kappa shape index (κ2) is 5.87. The Hall–Kier alpha value is -1.04. The first-order valence-corrected chi connectivity index (χ1v) is 8.27. The molecule has 0 amide bonds. The van der Waals surface area contributed by atoms with Gasteiger partial charge in [-0.3, -0.25) is 10.1 Å². The third-order valence-electron chi connectivity index (χ3n) is 4.96. The zero-order valence-corrected chi connectivity index (χ0v) is 13.6. The molecule has 0 aromatic heterocycles. The lowest BCUT2D eigenvalue weighted by Crippen LogP contribution is -2.53. The fraction of sp³-hybridized carbons (Fsp3) is 0.600. The van der Waals surface area contributed by atoms with E-state index in [2.05, 4.69) is 4.90 Å². The van der Waals surface area contributed by atoms with Gasteiger partial charge in [-0.15, -0.1) is 0 Å². The van der Waals surface area contributed by atoms with Gasteiger partial charge in [-0.2, -0.15) is 0 Å². The van der Waals surface area contributed by atoms with Crippen molar-refractivity contribution in [2.75, 3.05) is 18.0 Å². The van der Waals surface area contributed by atoms with Crippen LogP contribution in [-0.2, 0) is 0 Å². The average molecular weight is 345 g/mol. The van der Waals surface area contributed by atoms with Gasteiger partial charge in [0.2, 0.25) is 0 Å². The monoisotopic (exact) mass is 344 g/mol. The van der Waals surface area contributed by atoms with Gasteiger partial charge in [0.15, 0.2) is 0 Å². The first-order valence-electron chi connectivity index (χ1n) is 7.51. The van der Waals surface area contributed by atoms with Gasteiger partial charge in [-0.25, -0.2) is 0 Å². The number of piperidine rings is 1. The van der Waals surface area contributed by atoms with E-state index in [1.807, 2.05) is 0 Å². The Balaban J connectivity index is 1.88. The topological polar surface area (TPSA) is 66.6 Å².